The normalized spacial score (nSPS) is 9.78. The van der Waals surface area contributed by atoms with Crippen LogP contribution in [0.15, 0.2) is 73.8 Å². The van der Waals surface area contributed by atoms with Crippen LogP contribution < -0.4 is 9.46 Å². The molecule has 0 amide bonds. The summed E-state index contributed by atoms with van der Waals surface area (Å²) in [5, 5.41) is 22.8. The number of rotatable bonds is 4. The second-order valence-electron chi connectivity index (χ2n) is 11.3. The molecule has 0 bridgehead atoms. The number of pyridine rings is 4. The molecule has 0 fully saturated rings. The molecule has 4 aromatic rings. The van der Waals surface area contributed by atoms with Crippen LogP contribution in [0.3, 0.4) is 0 Å². The molecule has 0 unspecified atom stereocenters. The maximum Gasteiger partial charge on any atom is 0.199 e. The van der Waals surface area contributed by atoms with Gasteiger partial charge in [0.1, 0.15) is 5.02 Å². The van der Waals surface area contributed by atoms with E-state index in [1.54, 1.807) is 12.4 Å². The summed E-state index contributed by atoms with van der Waals surface area (Å²) in [5.41, 5.74) is 6.95. The van der Waals surface area contributed by atoms with E-state index in [4.69, 9.17) is 23.2 Å². The minimum absolute atomic E-state index is 0. The van der Waals surface area contributed by atoms with Crippen LogP contribution >= 0.6 is 23.2 Å². The highest BCUT2D eigenvalue weighted by molar-refractivity contribution is 6.31. The van der Waals surface area contributed by atoms with E-state index in [1.807, 2.05) is 56.7 Å². The van der Waals surface area contributed by atoms with Gasteiger partial charge in [-0.3, -0.25) is 9.97 Å². The van der Waals surface area contributed by atoms with Crippen LogP contribution in [0.5, 0.6) is 0 Å². The van der Waals surface area contributed by atoms with Gasteiger partial charge in [0.25, 0.3) is 0 Å². The van der Waals surface area contributed by atoms with Crippen molar-refractivity contribution in [1.82, 2.24) is 9.97 Å². The van der Waals surface area contributed by atoms with Crippen LogP contribution in [-0.4, -0.2) is 9.97 Å². The lowest BCUT2D eigenvalue weighted by atomic mass is 10.0. The van der Waals surface area contributed by atoms with Crippen LogP contribution in [0.25, 0.3) is 0 Å². The molecule has 0 N–H and O–H groups in total. The zero-order valence-corrected chi connectivity index (χ0v) is 28.1. The summed E-state index contributed by atoms with van der Waals surface area (Å²) >= 11 is 11.9. The van der Waals surface area contributed by atoms with E-state index >= 15 is 0 Å². The fraction of sp³-hybridized carbons (Fsp3) is 0.459. The Bertz CT molecular complexity index is 1300. The van der Waals surface area contributed by atoms with Gasteiger partial charge >= 0.3 is 0 Å². The summed E-state index contributed by atoms with van der Waals surface area (Å²) in [6, 6.07) is 7.78. The van der Waals surface area contributed by atoms with Crippen molar-refractivity contribution in [2.75, 3.05) is 0 Å². The minimum Gasteiger partial charge on any atom is -0.619 e. The Morgan fingerprint density at radius 3 is 1.36 bits per heavy atom. The van der Waals surface area contributed by atoms with Crippen LogP contribution in [0.2, 0.25) is 10.0 Å². The number of aryl methyl sites for hydroxylation is 2. The van der Waals surface area contributed by atoms with Crippen LogP contribution in [-0.2, 0) is 0 Å². The van der Waals surface area contributed by atoms with Crippen LogP contribution in [0, 0.1) is 24.3 Å². The molecule has 0 aliphatic rings. The predicted octanol–water partition coefficient (Wildman–Crippen LogP) is 11.1. The number of aromatic nitrogens is 4. The molecule has 0 aliphatic carbocycles. The number of nitrogens with zero attached hydrogens (tertiary/aromatic N) is 4. The highest BCUT2D eigenvalue weighted by atomic mass is 35.5. The van der Waals surface area contributed by atoms with Crippen LogP contribution in [0.1, 0.15) is 135 Å². The summed E-state index contributed by atoms with van der Waals surface area (Å²) in [7, 11) is 0. The molecule has 0 spiro atoms. The van der Waals surface area contributed by atoms with Gasteiger partial charge in [-0.25, -0.2) is 0 Å². The Kier molecular flexibility index (Phi) is 23.8. The van der Waals surface area contributed by atoms with E-state index in [-0.39, 0.29) is 22.3 Å². The SMILES string of the molecule is C.C.C.CC(C)c1cc[n+]([O-])cc1.CC(C)c1ccncc1.Cc1c[n+]([O-])cc(Cl)c1C(C)C.Cc1cncc(Cl)c1C(C)C. The number of hydrogen-bond acceptors (Lipinski definition) is 4. The molecular weight excluding hydrogens is 603 g/mol. The Labute approximate surface area is 284 Å². The summed E-state index contributed by atoms with van der Waals surface area (Å²) in [5.74, 6) is 1.96. The Morgan fingerprint density at radius 1 is 0.556 bits per heavy atom. The fourth-order valence-corrected chi connectivity index (χ4v) is 5.12. The van der Waals surface area contributed by atoms with Gasteiger partial charge in [0.15, 0.2) is 24.8 Å². The highest BCUT2D eigenvalue weighted by Gasteiger charge is 2.12. The standard InChI is InChI=1S/C9H12ClNO.C9H12ClN.C8H11NO.C8H11N.3CH4/c1-6(2)9-7(3)4-11(12)5-8(9)10;1-6(2)9-7(3)4-11-5-8(9)10;1-7(2)8-3-5-9(10)6-4-8;1-7(2)8-3-5-9-6-4-8;;;/h4-6H,1-3H3;4-6H,1-3H3;3-7H,1-2H3;3-7H,1-2H3;3*1H4. The zero-order chi connectivity index (χ0) is 32.0. The van der Waals surface area contributed by atoms with Gasteiger partial charge in [-0.05, 0) is 77.5 Å². The van der Waals surface area contributed by atoms with Gasteiger partial charge in [0.05, 0.1) is 5.02 Å². The quantitative estimate of drug-likeness (QED) is 0.161. The smallest absolute Gasteiger partial charge is 0.199 e. The van der Waals surface area contributed by atoms with Gasteiger partial charge in [-0.15, -0.1) is 0 Å². The van der Waals surface area contributed by atoms with Gasteiger partial charge in [0, 0.05) is 42.5 Å². The summed E-state index contributed by atoms with van der Waals surface area (Å²) in [6.07, 6.45) is 13.2. The van der Waals surface area contributed by atoms with Crippen LogP contribution in [0.4, 0.5) is 0 Å². The van der Waals surface area contributed by atoms with Crippen molar-refractivity contribution in [2.24, 2.45) is 0 Å². The molecule has 0 atom stereocenters. The van der Waals surface area contributed by atoms with E-state index in [2.05, 4.69) is 65.4 Å². The van der Waals surface area contributed by atoms with Gasteiger partial charge in [-0.2, -0.15) is 9.46 Å². The summed E-state index contributed by atoms with van der Waals surface area (Å²) < 4.78 is 1.54. The van der Waals surface area contributed by atoms with E-state index in [9.17, 15) is 10.4 Å². The molecule has 4 heterocycles. The first kappa shape index (κ1) is 46.2. The zero-order valence-electron chi connectivity index (χ0n) is 26.6. The van der Waals surface area contributed by atoms with E-state index in [0.29, 0.717) is 28.7 Å². The third kappa shape index (κ3) is 16.6. The molecule has 45 heavy (non-hydrogen) atoms. The monoisotopic (exact) mass is 660 g/mol. The van der Waals surface area contributed by atoms with E-state index in [1.165, 1.54) is 40.8 Å². The molecule has 0 radical (unpaired) electrons. The third-order valence-electron chi connectivity index (χ3n) is 6.40. The van der Waals surface area contributed by atoms with E-state index < -0.39 is 0 Å². The Hall–Kier alpha value is -3.22. The molecule has 0 saturated carbocycles. The van der Waals surface area contributed by atoms with Crippen molar-refractivity contribution in [3.63, 3.8) is 0 Å². The number of hydrogen-bond donors (Lipinski definition) is 0. The van der Waals surface area contributed by atoms with Crippen molar-refractivity contribution in [1.29, 1.82) is 0 Å². The van der Waals surface area contributed by atoms with E-state index in [0.717, 1.165) is 25.6 Å². The molecule has 4 aromatic heterocycles. The van der Waals surface area contributed by atoms with Crippen molar-refractivity contribution in [3.05, 3.63) is 128 Å². The van der Waals surface area contributed by atoms with Crippen molar-refractivity contribution < 1.29 is 9.46 Å². The first-order chi connectivity index (χ1) is 19.6. The largest absolute Gasteiger partial charge is 0.619 e. The molecular formula is C37H58Cl2N4O2. The molecule has 4 rings (SSSR count). The number of halogens is 2. The Balaban J connectivity index is -0.000000514. The first-order valence-corrected chi connectivity index (χ1v) is 15.0. The average molecular weight is 662 g/mol. The van der Waals surface area contributed by atoms with Crippen molar-refractivity contribution in [3.8, 4) is 0 Å². The third-order valence-corrected chi connectivity index (χ3v) is 7.01. The summed E-state index contributed by atoms with van der Waals surface area (Å²) in [4.78, 5) is 7.92. The lowest BCUT2D eigenvalue weighted by Crippen LogP contribution is -2.26. The molecule has 6 nitrogen and oxygen atoms in total. The first-order valence-electron chi connectivity index (χ1n) is 14.2. The fourth-order valence-electron chi connectivity index (χ4n) is 4.23. The van der Waals surface area contributed by atoms with Crippen molar-refractivity contribution in [2.45, 2.75) is 115 Å². The topological polar surface area (TPSA) is 79.7 Å². The molecule has 0 aliphatic heterocycles. The van der Waals surface area contributed by atoms with Gasteiger partial charge < -0.3 is 10.4 Å². The molecule has 0 saturated heterocycles. The predicted molar refractivity (Wildman–Crippen MR) is 195 cm³/mol. The maximum atomic E-state index is 10.9. The lowest BCUT2D eigenvalue weighted by Gasteiger charge is -2.10. The molecule has 252 valence electrons. The van der Waals surface area contributed by atoms with Gasteiger partial charge in [-0.1, -0.05) is 101 Å². The molecule has 8 heteroatoms. The Morgan fingerprint density at radius 2 is 1.00 bits per heavy atom. The summed E-state index contributed by atoms with van der Waals surface area (Å²) in [6.45, 7) is 20.9. The lowest BCUT2D eigenvalue weighted by molar-refractivity contribution is -0.605. The second-order valence-corrected chi connectivity index (χ2v) is 12.1. The maximum absolute atomic E-state index is 10.9. The van der Waals surface area contributed by atoms with Crippen molar-refractivity contribution >= 4 is 23.2 Å². The molecule has 0 aromatic carbocycles. The highest BCUT2D eigenvalue weighted by Crippen LogP contribution is 2.26. The average Bonchev–Trinajstić information content (AvgIpc) is 2.89. The van der Waals surface area contributed by atoms with Gasteiger partial charge in [0.2, 0.25) is 0 Å². The minimum atomic E-state index is 0. The second kappa shape index (κ2) is 23.2.